The molecule has 3 aromatic rings. The first-order chi connectivity index (χ1) is 14.8. The average Bonchev–Trinajstić information content (AvgIpc) is 3.29. The quantitative estimate of drug-likeness (QED) is 0.583. The van der Waals surface area contributed by atoms with Gasteiger partial charge in [0.2, 0.25) is 0 Å². The monoisotopic (exact) mass is 446 g/mol. The van der Waals surface area contributed by atoms with Gasteiger partial charge in [-0.3, -0.25) is 4.79 Å². The molecule has 0 bridgehead atoms. The van der Waals surface area contributed by atoms with Gasteiger partial charge in [-0.1, -0.05) is 42.5 Å². The molecule has 4 rings (SSSR count). The van der Waals surface area contributed by atoms with Crippen molar-refractivity contribution in [2.24, 2.45) is 5.92 Å². The molecule has 8 heteroatoms. The number of halogens is 3. The van der Waals surface area contributed by atoms with Crippen LogP contribution in [0, 0.1) is 5.92 Å². The van der Waals surface area contributed by atoms with E-state index in [1.54, 1.807) is 16.3 Å². The van der Waals surface area contributed by atoms with E-state index in [2.05, 4.69) is 4.98 Å². The third kappa shape index (κ3) is 4.80. The molecule has 1 fully saturated rings. The molecule has 1 N–H and O–H groups in total. The lowest BCUT2D eigenvalue weighted by atomic mass is 9.87. The zero-order valence-electron chi connectivity index (χ0n) is 16.5. The first-order valence-electron chi connectivity index (χ1n) is 9.98. The molecule has 1 saturated heterocycles. The highest BCUT2D eigenvalue weighted by Crippen LogP contribution is 2.34. The highest BCUT2D eigenvalue weighted by molar-refractivity contribution is 7.13. The maximum atomic E-state index is 13.0. The molecule has 0 saturated carbocycles. The van der Waals surface area contributed by atoms with Crippen LogP contribution in [-0.2, 0) is 6.18 Å². The van der Waals surface area contributed by atoms with Crippen LogP contribution < -0.4 is 0 Å². The zero-order chi connectivity index (χ0) is 22.0. The standard InChI is InChI=1S/C23H21F3N2O2S/c24-23(25,26)18-8-4-7-17(13-18)21-27-19(14-31-21)22(30)28-11-9-16(10-12-28)20(29)15-5-2-1-3-6-15/h1-8,13-14,16,20,29H,9-12H2. The van der Waals surface area contributed by atoms with Crippen molar-refractivity contribution in [3.05, 3.63) is 76.8 Å². The topological polar surface area (TPSA) is 53.4 Å². The number of alkyl halides is 3. The second-order valence-electron chi connectivity index (χ2n) is 7.60. The first-order valence-corrected chi connectivity index (χ1v) is 10.9. The van der Waals surface area contributed by atoms with E-state index in [1.807, 2.05) is 30.3 Å². The molecule has 1 aliphatic heterocycles. The molecule has 4 nitrogen and oxygen atoms in total. The first kappa shape index (κ1) is 21.5. The number of benzene rings is 2. The molecule has 1 unspecified atom stereocenters. The minimum Gasteiger partial charge on any atom is -0.388 e. The third-order valence-electron chi connectivity index (χ3n) is 5.57. The molecule has 0 aliphatic carbocycles. The number of hydrogen-bond acceptors (Lipinski definition) is 4. The van der Waals surface area contributed by atoms with E-state index in [9.17, 15) is 23.1 Å². The van der Waals surface area contributed by atoms with Crippen LogP contribution in [0.3, 0.4) is 0 Å². The van der Waals surface area contributed by atoms with Gasteiger partial charge in [-0.05, 0) is 36.5 Å². The Morgan fingerprint density at radius 1 is 1.10 bits per heavy atom. The molecule has 1 aromatic heterocycles. The number of amides is 1. The molecule has 1 atom stereocenters. The predicted molar refractivity (Wildman–Crippen MR) is 113 cm³/mol. The summed E-state index contributed by atoms with van der Waals surface area (Å²) in [6, 6.07) is 14.4. The molecular weight excluding hydrogens is 425 g/mol. The zero-order valence-corrected chi connectivity index (χ0v) is 17.4. The van der Waals surface area contributed by atoms with Crippen molar-refractivity contribution in [2.75, 3.05) is 13.1 Å². The van der Waals surface area contributed by atoms with Crippen molar-refractivity contribution in [1.29, 1.82) is 0 Å². The molecule has 1 amide bonds. The van der Waals surface area contributed by atoms with Crippen LogP contribution in [0.1, 0.15) is 40.6 Å². The van der Waals surface area contributed by atoms with Crippen LogP contribution >= 0.6 is 11.3 Å². The van der Waals surface area contributed by atoms with Crippen LogP contribution in [-0.4, -0.2) is 34.0 Å². The highest BCUT2D eigenvalue weighted by Gasteiger charge is 2.31. The number of aliphatic hydroxyl groups excluding tert-OH is 1. The lowest BCUT2D eigenvalue weighted by Crippen LogP contribution is -2.39. The van der Waals surface area contributed by atoms with Crippen LogP contribution in [0.2, 0.25) is 0 Å². The smallest absolute Gasteiger partial charge is 0.388 e. The average molecular weight is 446 g/mol. The van der Waals surface area contributed by atoms with Crippen molar-refractivity contribution in [3.63, 3.8) is 0 Å². The van der Waals surface area contributed by atoms with E-state index < -0.39 is 17.8 Å². The molecule has 31 heavy (non-hydrogen) atoms. The van der Waals surface area contributed by atoms with E-state index in [-0.39, 0.29) is 17.5 Å². The normalized spacial score (nSPS) is 16.3. The second-order valence-corrected chi connectivity index (χ2v) is 8.46. The van der Waals surface area contributed by atoms with Gasteiger partial charge in [0, 0.05) is 24.0 Å². The molecule has 2 heterocycles. The Bertz CT molecular complexity index is 1040. The number of piperidine rings is 1. The fourth-order valence-electron chi connectivity index (χ4n) is 3.84. The van der Waals surface area contributed by atoms with Crippen molar-refractivity contribution in [3.8, 4) is 10.6 Å². The van der Waals surface area contributed by atoms with Crippen molar-refractivity contribution >= 4 is 17.2 Å². The van der Waals surface area contributed by atoms with Gasteiger partial charge in [0.05, 0.1) is 11.7 Å². The molecule has 2 aromatic carbocycles. The van der Waals surface area contributed by atoms with E-state index in [0.29, 0.717) is 36.5 Å². The number of carbonyl (C=O) groups is 1. The lowest BCUT2D eigenvalue weighted by Gasteiger charge is -2.34. The van der Waals surface area contributed by atoms with Crippen molar-refractivity contribution < 1.29 is 23.1 Å². The van der Waals surface area contributed by atoms with Gasteiger partial charge < -0.3 is 10.0 Å². The van der Waals surface area contributed by atoms with Crippen molar-refractivity contribution in [2.45, 2.75) is 25.1 Å². The third-order valence-corrected chi connectivity index (χ3v) is 6.47. The molecule has 1 aliphatic rings. The summed E-state index contributed by atoms with van der Waals surface area (Å²) in [5, 5.41) is 12.6. The van der Waals surface area contributed by atoms with Gasteiger partial charge in [0.25, 0.3) is 5.91 Å². The molecule has 0 spiro atoms. The van der Waals surface area contributed by atoms with Crippen LogP contribution in [0.4, 0.5) is 13.2 Å². The summed E-state index contributed by atoms with van der Waals surface area (Å²) in [7, 11) is 0. The number of nitrogens with zero attached hydrogens (tertiary/aromatic N) is 2. The number of carbonyl (C=O) groups excluding carboxylic acids is 1. The van der Waals surface area contributed by atoms with Gasteiger partial charge in [0.15, 0.2) is 0 Å². The minimum atomic E-state index is -4.43. The number of likely N-dealkylation sites (tertiary alicyclic amines) is 1. The Labute approximate surface area is 182 Å². The van der Waals surface area contributed by atoms with Gasteiger partial charge in [-0.25, -0.2) is 4.98 Å². The van der Waals surface area contributed by atoms with E-state index in [4.69, 9.17) is 0 Å². The fourth-order valence-corrected chi connectivity index (χ4v) is 4.63. The number of aromatic nitrogens is 1. The number of aliphatic hydroxyl groups is 1. The van der Waals surface area contributed by atoms with Crippen LogP contribution in [0.15, 0.2) is 60.0 Å². The SMILES string of the molecule is O=C(c1csc(-c2cccc(C(F)(F)F)c2)n1)N1CCC(C(O)c2ccccc2)CC1. The van der Waals surface area contributed by atoms with Gasteiger partial charge in [-0.2, -0.15) is 13.2 Å². The summed E-state index contributed by atoms with van der Waals surface area (Å²) in [5.41, 5.74) is 0.702. The summed E-state index contributed by atoms with van der Waals surface area (Å²) in [5.74, 6) is -0.162. The maximum absolute atomic E-state index is 13.0. The lowest BCUT2D eigenvalue weighted by molar-refractivity contribution is -0.137. The van der Waals surface area contributed by atoms with Gasteiger partial charge in [-0.15, -0.1) is 11.3 Å². The molecule has 162 valence electrons. The Hall–Kier alpha value is -2.71. The Balaban J connectivity index is 1.41. The summed E-state index contributed by atoms with van der Waals surface area (Å²) in [6.07, 6.45) is -3.65. The summed E-state index contributed by atoms with van der Waals surface area (Å²) >= 11 is 1.15. The maximum Gasteiger partial charge on any atom is 0.416 e. The van der Waals surface area contributed by atoms with E-state index in [0.717, 1.165) is 29.0 Å². The number of thiazole rings is 1. The largest absolute Gasteiger partial charge is 0.416 e. The Morgan fingerprint density at radius 2 is 1.81 bits per heavy atom. The van der Waals surface area contributed by atoms with Crippen LogP contribution in [0.25, 0.3) is 10.6 Å². The fraction of sp³-hybridized carbons (Fsp3) is 0.304. The molecule has 0 radical (unpaired) electrons. The van der Waals surface area contributed by atoms with E-state index >= 15 is 0 Å². The summed E-state index contributed by atoms with van der Waals surface area (Å²) in [6.45, 7) is 1.01. The Kier molecular flexibility index (Phi) is 6.11. The second kappa shape index (κ2) is 8.80. The molecular formula is C23H21F3N2O2S. The minimum absolute atomic E-state index is 0.0718. The Morgan fingerprint density at radius 3 is 2.48 bits per heavy atom. The predicted octanol–water partition coefficient (Wildman–Crippen LogP) is 5.41. The highest BCUT2D eigenvalue weighted by atomic mass is 32.1. The number of hydrogen-bond donors (Lipinski definition) is 1. The summed E-state index contributed by atoms with van der Waals surface area (Å²) in [4.78, 5) is 18.8. The van der Waals surface area contributed by atoms with Gasteiger partial charge >= 0.3 is 6.18 Å². The number of rotatable bonds is 4. The summed E-state index contributed by atoms with van der Waals surface area (Å²) < 4.78 is 38.9. The van der Waals surface area contributed by atoms with Crippen molar-refractivity contribution in [1.82, 2.24) is 9.88 Å². The van der Waals surface area contributed by atoms with Crippen LogP contribution in [0.5, 0.6) is 0 Å². The van der Waals surface area contributed by atoms with E-state index in [1.165, 1.54) is 6.07 Å². The van der Waals surface area contributed by atoms with Gasteiger partial charge in [0.1, 0.15) is 10.7 Å².